The molecule has 0 amide bonds. The van der Waals surface area contributed by atoms with E-state index in [1.54, 1.807) is 0 Å². The lowest BCUT2D eigenvalue weighted by Crippen LogP contribution is -2.69. The monoisotopic (exact) mass is 1210 g/mol. The summed E-state index contributed by atoms with van der Waals surface area (Å²) in [5.41, 5.74) is 0. The SMILES string of the molecule is CC(=O)OC[C@H]1O[C@@H](O[C@H]2[C@H](OC(C)=O)[C@@H](OC(C)=O)[C@H](O[C@H]3[C@H](OC(C)=O)[C@@H](OC(C)=O)[C@H](O[C@H]4[C@H](OC(C)=O)[C@@H](OC(C)=O)C(O)O[C@@H]4COC(C)=O)O[C@@H]3COC(C)=O)O[C@@H]2COC(C)=O)[C@H](OC(C)=O)[C@@H](OC(C)=O)[C@@H]1OC(C)=O. The molecule has 34 heteroatoms. The Morgan fingerprint density at radius 1 is 0.250 bits per heavy atom. The van der Waals surface area contributed by atoms with Gasteiger partial charge < -0.3 is 99.8 Å². The Balaban J connectivity index is 1.97. The minimum Gasteiger partial charge on any atom is -0.463 e. The summed E-state index contributed by atoms with van der Waals surface area (Å²) in [5, 5.41) is 11.0. The number of carbonyl (C=O) groups is 13. The minimum atomic E-state index is -2.21. The second-order valence-corrected chi connectivity index (χ2v) is 18.9. The van der Waals surface area contributed by atoms with Crippen LogP contribution in [0, 0.1) is 0 Å². The molecule has 0 aliphatic carbocycles. The molecular formula is C50H68O34. The van der Waals surface area contributed by atoms with Crippen molar-refractivity contribution in [1.29, 1.82) is 0 Å². The molecule has 4 aliphatic rings. The third-order valence-electron chi connectivity index (χ3n) is 11.8. The molecular weight excluding hydrogens is 1140 g/mol. The Hall–Kier alpha value is -7.21. The summed E-state index contributed by atoms with van der Waals surface area (Å²) in [4.78, 5) is 165. The van der Waals surface area contributed by atoms with Crippen LogP contribution in [-0.2, 0) is 157 Å². The molecule has 0 aromatic rings. The molecule has 4 saturated heterocycles. The van der Waals surface area contributed by atoms with Crippen molar-refractivity contribution in [3.63, 3.8) is 0 Å². The Morgan fingerprint density at radius 3 is 0.690 bits per heavy atom. The van der Waals surface area contributed by atoms with E-state index in [1.807, 2.05) is 0 Å². The summed E-state index contributed by atoms with van der Waals surface area (Å²) < 4.78 is 115. The van der Waals surface area contributed by atoms with Crippen LogP contribution in [0.1, 0.15) is 90.0 Å². The Bertz CT molecular complexity index is 2410. The zero-order valence-electron chi connectivity index (χ0n) is 47.8. The number of hydrogen-bond acceptors (Lipinski definition) is 34. The summed E-state index contributed by atoms with van der Waals surface area (Å²) in [6.07, 6.45) is -39.0. The highest BCUT2D eigenvalue weighted by atomic mass is 16.8. The lowest BCUT2D eigenvalue weighted by molar-refractivity contribution is -0.388. The average Bonchev–Trinajstić information content (AvgIpc) is 3.34. The molecule has 20 atom stereocenters. The first-order valence-corrected chi connectivity index (χ1v) is 25.6. The second kappa shape index (κ2) is 31.6. The van der Waals surface area contributed by atoms with E-state index in [0.717, 1.165) is 90.0 Å². The second-order valence-electron chi connectivity index (χ2n) is 18.9. The normalized spacial score (nSPS) is 32.7. The van der Waals surface area contributed by atoms with Gasteiger partial charge in [-0.2, -0.15) is 0 Å². The quantitative estimate of drug-likeness (QED) is 0.0828. The van der Waals surface area contributed by atoms with E-state index in [2.05, 4.69) is 0 Å². The van der Waals surface area contributed by atoms with Crippen LogP contribution in [0.25, 0.3) is 0 Å². The Kier molecular flexibility index (Phi) is 26.1. The fraction of sp³-hybridized carbons (Fsp3) is 0.740. The maximum absolute atomic E-state index is 13.2. The summed E-state index contributed by atoms with van der Waals surface area (Å²) in [7, 11) is 0. The fourth-order valence-electron chi connectivity index (χ4n) is 9.06. The smallest absolute Gasteiger partial charge is 0.303 e. The number of aliphatic hydroxyl groups excluding tert-OH is 1. The van der Waals surface area contributed by atoms with Crippen molar-refractivity contribution in [2.75, 3.05) is 26.4 Å². The minimum absolute atomic E-state index is 0.745. The predicted octanol–water partition coefficient (Wildman–Crippen LogP) is -2.33. The van der Waals surface area contributed by atoms with E-state index in [9.17, 15) is 67.4 Å². The van der Waals surface area contributed by atoms with Crippen LogP contribution in [0.5, 0.6) is 0 Å². The largest absolute Gasteiger partial charge is 0.463 e. The summed E-state index contributed by atoms with van der Waals surface area (Å²) in [6.45, 7) is 8.90. The third-order valence-corrected chi connectivity index (χ3v) is 11.8. The molecule has 1 unspecified atom stereocenters. The maximum Gasteiger partial charge on any atom is 0.303 e. The highest BCUT2D eigenvalue weighted by Crippen LogP contribution is 2.40. The molecule has 4 aliphatic heterocycles. The van der Waals surface area contributed by atoms with Crippen molar-refractivity contribution in [3.05, 3.63) is 0 Å². The van der Waals surface area contributed by atoms with E-state index in [4.69, 9.17) is 94.7 Å². The van der Waals surface area contributed by atoms with Crippen LogP contribution in [0.2, 0.25) is 0 Å². The summed E-state index contributed by atoms with van der Waals surface area (Å²) in [5.74, 6) is -13.5. The predicted molar refractivity (Wildman–Crippen MR) is 258 cm³/mol. The van der Waals surface area contributed by atoms with Crippen LogP contribution < -0.4 is 0 Å². The molecule has 1 N–H and O–H groups in total. The van der Waals surface area contributed by atoms with Gasteiger partial charge in [-0.15, -0.1) is 0 Å². The zero-order chi connectivity index (χ0) is 63.0. The molecule has 0 saturated carbocycles. The number of esters is 13. The maximum atomic E-state index is 13.2. The lowest BCUT2D eigenvalue weighted by Gasteiger charge is -2.51. The van der Waals surface area contributed by atoms with E-state index in [1.165, 1.54) is 0 Å². The van der Waals surface area contributed by atoms with Gasteiger partial charge in [0.15, 0.2) is 80.1 Å². The van der Waals surface area contributed by atoms with E-state index >= 15 is 0 Å². The molecule has 4 fully saturated rings. The highest BCUT2D eigenvalue weighted by Gasteiger charge is 2.61. The molecule has 34 nitrogen and oxygen atoms in total. The summed E-state index contributed by atoms with van der Waals surface area (Å²) >= 11 is 0. The van der Waals surface area contributed by atoms with Crippen LogP contribution >= 0.6 is 0 Å². The first-order chi connectivity index (χ1) is 39.3. The van der Waals surface area contributed by atoms with Crippen molar-refractivity contribution in [2.45, 2.75) is 213 Å². The first kappa shape index (κ1) is 69.3. The first-order valence-electron chi connectivity index (χ1n) is 25.6. The zero-order valence-corrected chi connectivity index (χ0v) is 47.8. The van der Waals surface area contributed by atoms with Crippen molar-refractivity contribution >= 4 is 77.6 Å². The number of carbonyl (C=O) groups excluding carboxylic acids is 13. The molecule has 84 heavy (non-hydrogen) atoms. The van der Waals surface area contributed by atoms with Crippen molar-refractivity contribution in [3.8, 4) is 0 Å². The van der Waals surface area contributed by atoms with Gasteiger partial charge in [0.2, 0.25) is 0 Å². The molecule has 0 aromatic carbocycles. The fourth-order valence-corrected chi connectivity index (χ4v) is 9.06. The van der Waals surface area contributed by atoms with Crippen molar-refractivity contribution < 1.29 is 162 Å². The number of aliphatic hydroxyl groups is 1. The highest BCUT2D eigenvalue weighted by molar-refractivity contribution is 5.71. The van der Waals surface area contributed by atoms with E-state index in [0.29, 0.717) is 0 Å². The van der Waals surface area contributed by atoms with Gasteiger partial charge in [0.1, 0.15) is 69.2 Å². The number of ether oxygens (including phenoxy) is 20. The Labute approximate surface area is 478 Å². The average molecular weight is 1210 g/mol. The van der Waals surface area contributed by atoms with Gasteiger partial charge in [-0.05, 0) is 0 Å². The van der Waals surface area contributed by atoms with Crippen LogP contribution in [0.15, 0.2) is 0 Å². The molecule has 0 spiro atoms. The van der Waals surface area contributed by atoms with Crippen LogP contribution in [0.3, 0.4) is 0 Å². The van der Waals surface area contributed by atoms with Crippen LogP contribution in [0.4, 0.5) is 0 Å². The molecule has 0 bridgehead atoms. The molecule has 0 radical (unpaired) electrons. The molecule has 4 rings (SSSR count). The van der Waals surface area contributed by atoms with Gasteiger partial charge in [-0.25, -0.2) is 0 Å². The van der Waals surface area contributed by atoms with Gasteiger partial charge in [0.25, 0.3) is 0 Å². The van der Waals surface area contributed by atoms with Gasteiger partial charge in [0, 0.05) is 90.0 Å². The number of hydrogen-bond donors (Lipinski definition) is 1. The van der Waals surface area contributed by atoms with Crippen molar-refractivity contribution in [2.24, 2.45) is 0 Å². The lowest BCUT2D eigenvalue weighted by atomic mass is 9.94. The van der Waals surface area contributed by atoms with E-state index in [-0.39, 0.29) is 0 Å². The summed E-state index contributed by atoms with van der Waals surface area (Å²) in [6, 6.07) is 0. The topological polar surface area (TPSA) is 427 Å². The van der Waals surface area contributed by atoms with E-state index < -0.39 is 227 Å². The van der Waals surface area contributed by atoms with Crippen LogP contribution in [-0.4, -0.2) is 232 Å². The van der Waals surface area contributed by atoms with Gasteiger partial charge in [0.05, 0.1) is 0 Å². The number of rotatable bonds is 23. The van der Waals surface area contributed by atoms with Crippen molar-refractivity contribution in [1.82, 2.24) is 0 Å². The molecule has 4 heterocycles. The third kappa shape index (κ3) is 20.5. The standard InChI is InChI=1S/C50H68O34/c1-18(51)65-14-31-36(39(70-23(6)56)43(47(64)78-31)74-27(10)60)82-49-45(76-29(12)62)41(72-25(8)58)38(33(80-49)16-67-20(3)53)84-50-46(77-30(13)63)42(73-26(9)59)37(34(81-50)17-68-21(4)54)83-48-44(75-28(11)61)40(71-24(7)57)35(69-22(5)55)32(79-48)15-66-19(2)52/h31-50,64H,14-17H2,1-13H3/t31-,32-,33-,34-,35-,36-,37-,38-,39+,40+,41+,42+,43-,44-,45-,46-,47?,48+,49+,50+/m1/s1. The van der Waals surface area contributed by atoms with Gasteiger partial charge >= 0.3 is 77.6 Å². The van der Waals surface area contributed by atoms with Gasteiger partial charge in [-0.1, -0.05) is 0 Å². The molecule has 472 valence electrons. The molecule has 0 aromatic heterocycles. The Morgan fingerprint density at radius 2 is 0.440 bits per heavy atom. The van der Waals surface area contributed by atoms with Gasteiger partial charge in [-0.3, -0.25) is 62.3 Å².